The summed E-state index contributed by atoms with van der Waals surface area (Å²) in [6.45, 7) is 0.186. The van der Waals surface area contributed by atoms with E-state index in [-0.39, 0.29) is 30.0 Å². The molecule has 0 radical (unpaired) electrons. The van der Waals surface area contributed by atoms with Crippen LogP contribution in [0.15, 0.2) is 18.2 Å². The number of rotatable bonds is 5. The second kappa shape index (κ2) is 7.10. The number of hydrogen-bond donors (Lipinski definition) is 2. The smallest absolute Gasteiger partial charge is 0.335 e. The van der Waals surface area contributed by atoms with Gasteiger partial charge in [-0.05, 0) is 36.6 Å². The molecule has 1 fully saturated rings. The molecule has 0 aromatic heterocycles. The van der Waals surface area contributed by atoms with Gasteiger partial charge in [0.2, 0.25) is 5.91 Å². The molecule has 1 saturated heterocycles. The topological polar surface area (TPSA) is 110 Å². The quantitative estimate of drug-likeness (QED) is 0.838. The number of benzene rings is 1. The number of amides is 1. The van der Waals surface area contributed by atoms with Crippen LogP contribution in [0.2, 0.25) is 0 Å². The number of sulfone groups is 1. The van der Waals surface area contributed by atoms with Crippen molar-refractivity contribution in [1.29, 1.82) is 0 Å². The zero-order valence-corrected chi connectivity index (χ0v) is 13.6. The van der Waals surface area contributed by atoms with Crippen LogP contribution in [-0.4, -0.2) is 43.5 Å². The van der Waals surface area contributed by atoms with Crippen LogP contribution in [-0.2, 0) is 26.0 Å². The first-order valence-electron chi connectivity index (χ1n) is 7.22. The number of carboxylic acid groups (broad SMARTS) is 1. The van der Waals surface area contributed by atoms with Crippen LogP contribution in [0.25, 0.3) is 0 Å². The Kier molecular flexibility index (Phi) is 5.38. The summed E-state index contributed by atoms with van der Waals surface area (Å²) in [6.07, 6.45) is 1.54. The summed E-state index contributed by atoms with van der Waals surface area (Å²) in [7, 11) is -1.97. The molecule has 1 aliphatic rings. The maximum absolute atomic E-state index is 12.3. The van der Waals surface area contributed by atoms with Crippen molar-refractivity contribution in [3.05, 3.63) is 29.3 Å². The summed E-state index contributed by atoms with van der Waals surface area (Å²) in [5, 5.41) is 10.6. The van der Waals surface area contributed by atoms with Crippen molar-refractivity contribution in [3.8, 4) is 0 Å². The fourth-order valence-electron chi connectivity index (χ4n) is 2.61. The molecule has 8 heteroatoms. The first kappa shape index (κ1) is 17.4. The maximum Gasteiger partial charge on any atom is 0.335 e. The van der Waals surface area contributed by atoms with Gasteiger partial charge < -0.3 is 15.2 Å². The van der Waals surface area contributed by atoms with Crippen LogP contribution in [0.3, 0.4) is 0 Å². The number of carbonyl (C=O) groups is 2. The van der Waals surface area contributed by atoms with Gasteiger partial charge in [0.1, 0.15) is 5.25 Å². The Morgan fingerprint density at radius 3 is 2.65 bits per heavy atom. The molecule has 0 bridgehead atoms. The normalized spacial score (nSPS) is 20.0. The van der Waals surface area contributed by atoms with Crippen molar-refractivity contribution in [3.63, 3.8) is 0 Å². The standard InChI is InChI=1S/C15H19NO6S/c1-22-9-10-6-11(15(18)19)8-12(7-10)16-14(17)13-4-2-3-5-23(13,20)21/h6-8,13H,2-5,9H2,1H3,(H,16,17)(H,18,19). The minimum absolute atomic E-state index is 0.00125. The molecular weight excluding hydrogens is 322 g/mol. The highest BCUT2D eigenvalue weighted by Gasteiger charge is 2.34. The lowest BCUT2D eigenvalue weighted by Crippen LogP contribution is -2.39. The summed E-state index contributed by atoms with van der Waals surface area (Å²) < 4.78 is 28.9. The highest BCUT2D eigenvalue weighted by molar-refractivity contribution is 7.92. The average Bonchev–Trinajstić information content (AvgIpc) is 2.46. The molecule has 1 aliphatic heterocycles. The molecule has 1 heterocycles. The first-order valence-corrected chi connectivity index (χ1v) is 8.93. The van der Waals surface area contributed by atoms with Gasteiger partial charge in [-0.15, -0.1) is 0 Å². The van der Waals surface area contributed by atoms with Crippen LogP contribution >= 0.6 is 0 Å². The van der Waals surface area contributed by atoms with Gasteiger partial charge in [-0.25, -0.2) is 13.2 Å². The van der Waals surface area contributed by atoms with Crippen LogP contribution in [0, 0.1) is 0 Å². The van der Waals surface area contributed by atoms with E-state index in [0.717, 1.165) is 0 Å². The zero-order chi connectivity index (χ0) is 17.0. The zero-order valence-electron chi connectivity index (χ0n) is 12.7. The highest BCUT2D eigenvalue weighted by Crippen LogP contribution is 2.22. The molecule has 2 N–H and O–H groups in total. The number of aromatic carboxylic acids is 1. The van der Waals surface area contributed by atoms with E-state index in [0.29, 0.717) is 18.4 Å². The molecule has 1 unspecified atom stereocenters. The third-order valence-electron chi connectivity index (χ3n) is 3.69. The van der Waals surface area contributed by atoms with Gasteiger partial charge in [-0.1, -0.05) is 6.42 Å². The number of hydrogen-bond acceptors (Lipinski definition) is 5. The summed E-state index contributed by atoms with van der Waals surface area (Å²) in [5.74, 6) is -1.74. The first-order chi connectivity index (χ1) is 10.8. The fourth-order valence-corrected chi connectivity index (χ4v) is 4.41. The molecule has 23 heavy (non-hydrogen) atoms. The summed E-state index contributed by atoms with van der Waals surface area (Å²) in [4.78, 5) is 23.4. The number of carboxylic acids is 1. The van der Waals surface area contributed by atoms with Crippen molar-refractivity contribution in [1.82, 2.24) is 0 Å². The Balaban J connectivity index is 2.24. The Bertz CT molecular complexity index is 713. The maximum atomic E-state index is 12.3. The number of nitrogens with one attached hydrogen (secondary N) is 1. The lowest BCUT2D eigenvalue weighted by atomic mass is 10.1. The van der Waals surface area contributed by atoms with Gasteiger partial charge in [0.15, 0.2) is 9.84 Å². The van der Waals surface area contributed by atoms with Crippen molar-refractivity contribution in [2.24, 2.45) is 0 Å². The molecule has 0 saturated carbocycles. The van der Waals surface area contributed by atoms with Crippen molar-refractivity contribution >= 4 is 27.4 Å². The molecule has 126 valence electrons. The highest BCUT2D eigenvalue weighted by atomic mass is 32.2. The van der Waals surface area contributed by atoms with E-state index in [1.807, 2.05) is 0 Å². The lowest BCUT2D eigenvalue weighted by Gasteiger charge is -2.21. The van der Waals surface area contributed by atoms with Crippen molar-refractivity contribution < 1.29 is 27.9 Å². The average molecular weight is 341 g/mol. The minimum atomic E-state index is -3.44. The molecule has 1 aromatic rings. The predicted octanol–water partition coefficient (Wildman–Crippen LogP) is 1.44. The Morgan fingerprint density at radius 2 is 2.04 bits per heavy atom. The lowest BCUT2D eigenvalue weighted by molar-refractivity contribution is -0.116. The van der Waals surface area contributed by atoms with Gasteiger partial charge in [0.25, 0.3) is 0 Å². The Labute approximate surface area is 134 Å². The number of carbonyl (C=O) groups excluding carboxylic acids is 1. The van der Waals surface area contributed by atoms with E-state index in [1.54, 1.807) is 6.07 Å². The van der Waals surface area contributed by atoms with Crippen LogP contribution < -0.4 is 5.32 Å². The van der Waals surface area contributed by atoms with E-state index in [2.05, 4.69) is 5.32 Å². The second-order valence-corrected chi connectivity index (χ2v) is 7.80. The van der Waals surface area contributed by atoms with Crippen LogP contribution in [0.4, 0.5) is 5.69 Å². The van der Waals surface area contributed by atoms with E-state index in [4.69, 9.17) is 9.84 Å². The number of ether oxygens (including phenoxy) is 1. The number of anilines is 1. The predicted molar refractivity (Wildman–Crippen MR) is 84.2 cm³/mol. The van der Waals surface area contributed by atoms with Gasteiger partial charge in [0.05, 0.1) is 17.9 Å². The van der Waals surface area contributed by atoms with Crippen molar-refractivity contribution in [2.75, 3.05) is 18.2 Å². The summed E-state index contributed by atoms with van der Waals surface area (Å²) in [6, 6.07) is 4.32. The van der Waals surface area contributed by atoms with Crippen LogP contribution in [0.1, 0.15) is 35.2 Å². The third-order valence-corrected chi connectivity index (χ3v) is 5.86. The van der Waals surface area contributed by atoms with Crippen LogP contribution in [0.5, 0.6) is 0 Å². The molecule has 1 amide bonds. The van der Waals surface area contributed by atoms with Gasteiger partial charge in [-0.3, -0.25) is 4.79 Å². The fraction of sp³-hybridized carbons (Fsp3) is 0.467. The second-order valence-electron chi connectivity index (χ2n) is 5.50. The van der Waals surface area contributed by atoms with Gasteiger partial charge in [-0.2, -0.15) is 0 Å². The van der Waals surface area contributed by atoms with E-state index in [9.17, 15) is 18.0 Å². The van der Waals surface area contributed by atoms with Gasteiger partial charge >= 0.3 is 5.97 Å². The third kappa shape index (κ3) is 4.29. The summed E-state index contributed by atoms with van der Waals surface area (Å²) in [5.41, 5.74) is 0.832. The van der Waals surface area contributed by atoms with E-state index >= 15 is 0 Å². The van der Waals surface area contributed by atoms with E-state index < -0.39 is 27.0 Å². The van der Waals surface area contributed by atoms with Gasteiger partial charge in [0, 0.05) is 12.8 Å². The molecule has 2 rings (SSSR count). The largest absolute Gasteiger partial charge is 0.478 e. The molecule has 0 spiro atoms. The summed E-state index contributed by atoms with van der Waals surface area (Å²) >= 11 is 0. The minimum Gasteiger partial charge on any atom is -0.478 e. The molecule has 7 nitrogen and oxygen atoms in total. The number of methoxy groups -OCH3 is 1. The SMILES string of the molecule is COCc1cc(NC(=O)C2CCCCS2(=O)=O)cc(C(=O)O)c1. The van der Waals surface area contributed by atoms with Crippen molar-refractivity contribution in [2.45, 2.75) is 31.1 Å². The molecular formula is C15H19NO6S. The van der Waals surface area contributed by atoms with E-state index in [1.165, 1.54) is 19.2 Å². The molecule has 0 aliphatic carbocycles. The Hall–Kier alpha value is -1.93. The molecule has 1 aromatic carbocycles. The monoisotopic (exact) mass is 341 g/mol. The molecule has 1 atom stereocenters. The Morgan fingerprint density at radius 1 is 1.30 bits per heavy atom.